The minimum Gasteiger partial charge on any atom is -0.444 e. The number of anilines is 1. The number of nitrogens with one attached hydrogen (secondary N) is 1. The van der Waals surface area contributed by atoms with Crippen LogP contribution in [0.4, 0.5) is 16.3 Å². The maximum atomic E-state index is 13.1. The van der Waals surface area contributed by atoms with E-state index in [0.717, 1.165) is 17.7 Å². The second-order valence-corrected chi connectivity index (χ2v) is 10.8. The molecule has 5 rings (SSSR count). The number of nitrogens with zero attached hydrogens (tertiary/aromatic N) is 7. The number of carbonyl (C=O) groups excluding carboxylic acids is 3. The van der Waals surface area contributed by atoms with Crippen molar-refractivity contribution in [2.24, 2.45) is 0 Å². The van der Waals surface area contributed by atoms with Crippen LogP contribution >= 0.6 is 0 Å². The molecule has 4 aromatic rings. The molecule has 0 atom stereocenters. The Kier molecular flexibility index (Phi) is 7.74. The van der Waals surface area contributed by atoms with Crippen molar-refractivity contribution in [1.82, 2.24) is 28.7 Å². The van der Waals surface area contributed by atoms with Gasteiger partial charge in [-0.25, -0.2) is 32.5 Å². The second-order valence-electron chi connectivity index (χ2n) is 8.96. The number of ether oxygens (including phenoxy) is 1. The van der Waals surface area contributed by atoms with Crippen LogP contribution in [0, 0.1) is 10.1 Å². The summed E-state index contributed by atoms with van der Waals surface area (Å²) in [5, 5.41) is 13.8. The first-order chi connectivity index (χ1) is 20.1. The number of nitro groups is 1. The van der Waals surface area contributed by atoms with Crippen LogP contribution in [-0.2, 0) is 37.5 Å². The summed E-state index contributed by atoms with van der Waals surface area (Å²) in [5.74, 6) is -1.37. The number of amides is 3. The minimum absolute atomic E-state index is 0.0410. The number of carbonyl (C=O) groups is 3. The van der Waals surface area contributed by atoms with E-state index in [1.54, 1.807) is 12.1 Å². The van der Waals surface area contributed by atoms with Gasteiger partial charge in [-0.1, -0.05) is 42.5 Å². The van der Waals surface area contributed by atoms with Crippen molar-refractivity contribution in [2.75, 3.05) is 25.0 Å². The van der Waals surface area contributed by atoms with Crippen molar-refractivity contribution in [2.45, 2.75) is 18.0 Å². The average molecular weight is 595 g/mol. The minimum atomic E-state index is -4.52. The van der Waals surface area contributed by atoms with E-state index in [4.69, 9.17) is 4.74 Å². The highest BCUT2D eigenvalue weighted by Crippen LogP contribution is 2.27. The molecule has 0 spiro atoms. The summed E-state index contributed by atoms with van der Waals surface area (Å²) < 4.78 is 33.2. The van der Waals surface area contributed by atoms with E-state index in [2.05, 4.69) is 20.3 Å². The van der Waals surface area contributed by atoms with Crippen molar-refractivity contribution in [3.8, 4) is 0 Å². The maximum Gasteiger partial charge on any atom is 0.413 e. The number of imidazole rings is 1. The lowest BCUT2D eigenvalue weighted by atomic mass is 10.2. The largest absolute Gasteiger partial charge is 0.444 e. The monoisotopic (exact) mass is 594 g/mol. The van der Waals surface area contributed by atoms with Gasteiger partial charge in [0.15, 0.2) is 21.9 Å². The van der Waals surface area contributed by atoms with Crippen LogP contribution < -0.4 is 5.32 Å². The fourth-order valence-electron chi connectivity index (χ4n) is 4.26. The molecular formula is C25H22N8O8S. The molecule has 1 aliphatic heterocycles. The zero-order chi connectivity index (χ0) is 29.9. The van der Waals surface area contributed by atoms with E-state index < -0.39 is 50.0 Å². The predicted octanol–water partition coefficient (Wildman–Crippen LogP) is 1.54. The van der Waals surface area contributed by atoms with Crippen molar-refractivity contribution < 1.29 is 32.5 Å². The molecule has 0 saturated carbocycles. The van der Waals surface area contributed by atoms with Crippen LogP contribution in [0.3, 0.4) is 0 Å². The first-order valence-electron chi connectivity index (χ1n) is 12.4. The van der Waals surface area contributed by atoms with Gasteiger partial charge in [-0.05, 0) is 11.6 Å². The maximum absolute atomic E-state index is 13.1. The first kappa shape index (κ1) is 28.1. The number of benzene rings is 2. The van der Waals surface area contributed by atoms with Gasteiger partial charge in [0.05, 0.1) is 17.8 Å². The molecule has 0 bridgehead atoms. The van der Waals surface area contributed by atoms with Crippen LogP contribution in [-0.4, -0.2) is 79.6 Å². The standard InChI is InChI=1S/C25H22N8O8S/c34-20(30-10-11-32(21(35)13-30)42(39,40)19-9-5-4-8-18(19)33(37)38)12-31-16-28-22-23(26-15-27-24(22)31)29-25(36)41-14-17-6-2-1-3-7-17/h1-9,15-16H,10-14H2,(H,26,27,29,36). The van der Waals surface area contributed by atoms with E-state index >= 15 is 0 Å². The lowest BCUT2D eigenvalue weighted by Gasteiger charge is -2.33. The third-order valence-corrected chi connectivity index (χ3v) is 8.17. The van der Waals surface area contributed by atoms with Crippen molar-refractivity contribution >= 4 is 50.6 Å². The zero-order valence-corrected chi connectivity index (χ0v) is 22.5. The number of rotatable bonds is 8. The summed E-state index contributed by atoms with van der Waals surface area (Å²) in [6.07, 6.45) is 1.72. The number of hydrogen-bond donors (Lipinski definition) is 1. The first-order valence-corrected chi connectivity index (χ1v) is 13.8. The molecule has 1 saturated heterocycles. The molecule has 16 nitrogen and oxygen atoms in total. The number of nitro benzene ring substituents is 1. The van der Waals surface area contributed by atoms with E-state index in [0.29, 0.717) is 4.31 Å². The molecule has 1 fully saturated rings. The summed E-state index contributed by atoms with van der Waals surface area (Å²) >= 11 is 0. The highest BCUT2D eigenvalue weighted by atomic mass is 32.2. The molecule has 216 valence electrons. The van der Waals surface area contributed by atoms with Crippen LogP contribution in [0.5, 0.6) is 0 Å². The molecule has 1 N–H and O–H groups in total. The fraction of sp³-hybridized carbons (Fsp3) is 0.200. The number of sulfonamides is 1. The third kappa shape index (κ3) is 5.71. The average Bonchev–Trinajstić information content (AvgIpc) is 3.40. The Morgan fingerprint density at radius 2 is 1.76 bits per heavy atom. The van der Waals surface area contributed by atoms with Gasteiger partial charge in [0.1, 0.15) is 26.0 Å². The van der Waals surface area contributed by atoms with Gasteiger partial charge in [-0.3, -0.25) is 25.0 Å². The van der Waals surface area contributed by atoms with Crippen molar-refractivity contribution in [1.29, 1.82) is 0 Å². The summed E-state index contributed by atoms with van der Waals surface area (Å²) in [5.41, 5.74) is 0.553. The molecule has 0 unspecified atom stereocenters. The van der Waals surface area contributed by atoms with Crippen LogP contribution in [0.25, 0.3) is 11.2 Å². The van der Waals surface area contributed by atoms with Crippen molar-refractivity contribution in [3.63, 3.8) is 0 Å². The molecule has 3 amide bonds. The highest BCUT2D eigenvalue weighted by molar-refractivity contribution is 7.89. The Bertz CT molecular complexity index is 1790. The van der Waals surface area contributed by atoms with Gasteiger partial charge in [0, 0.05) is 12.6 Å². The Morgan fingerprint density at radius 1 is 1.02 bits per heavy atom. The normalized spacial score (nSPS) is 13.7. The number of piperazine rings is 1. The second kappa shape index (κ2) is 11.6. The summed E-state index contributed by atoms with van der Waals surface area (Å²) in [4.78, 5) is 61.5. The van der Waals surface area contributed by atoms with Crippen molar-refractivity contribution in [3.05, 3.63) is 82.9 Å². The highest BCUT2D eigenvalue weighted by Gasteiger charge is 2.38. The van der Waals surface area contributed by atoms with Gasteiger partial charge in [0.2, 0.25) is 5.91 Å². The van der Waals surface area contributed by atoms with E-state index in [1.165, 1.54) is 34.3 Å². The lowest BCUT2D eigenvalue weighted by Crippen LogP contribution is -2.54. The number of aromatic nitrogens is 4. The fourth-order valence-corrected chi connectivity index (χ4v) is 5.80. The van der Waals surface area contributed by atoms with Gasteiger partial charge < -0.3 is 14.2 Å². The number of fused-ring (bicyclic) bond motifs is 1. The molecule has 17 heteroatoms. The zero-order valence-electron chi connectivity index (χ0n) is 21.7. The molecule has 0 radical (unpaired) electrons. The Morgan fingerprint density at radius 3 is 2.50 bits per heavy atom. The van der Waals surface area contributed by atoms with Crippen LogP contribution in [0.15, 0.2) is 72.1 Å². The number of para-hydroxylation sites is 1. The molecule has 1 aliphatic rings. The Balaban J connectivity index is 1.24. The number of hydrogen-bond acceptors (Lipinski definition) is 11. The van der Waals surface area contributed by atoms with E-state index in [-0.39, 0.29) is 43.2 Å². The predicted molar refractivity (Wildman–Crippen MR) is 144 cm³/mol. The summed E-state index contributed by atoms with van der Waals surface area (Å²) in [6, 6.07) is 13.8. The lowest BCUT2D eigenvalue weighted by molar-refractivity contribution is -0.387. The van der Waals surface area contributed by atoms with Crippen LogP contribution in [0.1, 0.15) is 5.56 Å². The Labute approximate surface area is 237 Å². The van der Waals surface area contributed by atoms with Gasteiger partial charge in [0.25, 0.3) is 21.6 Å². The SMILES string of the molecule is O=C(Nc1ncnc2c1ncn2CC(=O)N1CCN(S(=O)(=O)c2ccccc2[N+](=O)[O-])C(=O)C1)OCc1ccccc1. The van der Waals surface area contributed by atoms with Gasteiger partial charge in [-0.2, -0.15) is 0 Å². The van der Waals surface area contributed by atoms with E-state index in [1.807, 2.05) is 18.2 Å². The molecular weight excluding hydrogens is 572 g/mol. The molecule has 0 aliphatic carbocycles. The smallest absolute Gasteiger partial charge is 0.413 e. The third-order valence-electron chi connectivity index (χ3n) is 6.30. The van der Waals surface area contributed by atoms with Gasteiger partial charge in [-0.15, -0.1) is 0 Å². The Hall–Kier alpha value is -5.45. The molecule has 42 heavy (non-hydrogen) atoms. The topological polar surface area (TPSA) is 200 Å². The molecule has 2 aromatic heterocycles. The molecule has 2 aromatic carbocycles. The summed E-state index contributed by atoms with van der Waals surface area (Å²) in [6.45, 7) is -1.33. The van der Waals surface area contributed by atoms with Crippen LogP contribution in [0.2, 0.25) is 0 Å². The summed E-state index contributed by atoms with van der Waals surface area (Å²) in [7, 11) is -4.52. The molecule has 3 heterocycles. The van der Waals surface area contributed by atoms with Gasteiger partial charge >= 0.3 is 6.09 Å². The quantitative estimate of drug-likeness (QED) is 0.229. The van der Waals surface area contributed by atoms with E-state index in [9.17, 15) is 32.9 Å².